The Kier molecular flexibility index (Phi) is 6.05. The lowest BCUT2D eigenvalue weighted by atomic mass is 9.83. The van der Waals surface area contributed by atoms with Crippen LogP contribution in [-0.4, -0.2) is 13.2 Å². The summed E-state index contributed by atoms with van der Waals surface area (Å²) in [5, 5.41) is 0. The predicted molar refractivity (Wildman–Crippen MR) is 68.9 cm³/mol. The van der Waals surface area contributed by atoms with Crippen molar-refractivity contribution in [1.82, 2.24) is 0 Å². The molecular formula is C14H21F2NO. The van der Waals surface area contributed by atoms with Crippen molar-refractivity contribution in [2.75, 3.05) is 6.54 Å². The topological polar surface area (TPSA) is 35.2 Å². The molecule has 0 aromatic heterocycles. The summed E-state index contributed by atoms with van der Waals surface area (Å²) in [6, 6.07) is 6.81. The van der Waals surface area contributed by atoms with Gasteiger partial charge in [0.2, 0.25) is 0 Å². The van der Waals surface area contributed by atoms with Crippen molar-refractivity contribution < 1.29 is 13.5 Å². The van der Waals surface area contributed by atoms with Crippen molar-refractivity contribution >= 4 is 0 Å². The molecule has 0 radical (unpaired) electrons. The van der Waals surface area contributed by atoms with E-state index in [4.69, 9.17) is 5.73 Å². The molecule has 0 aliphatic rings. The maximum absolute atomic E-state index is 12.0. The molecule has 0 heterocycles. The summed E-state index contributed by atoms with van der Waals surface area (Å²) in [5.41, 5.74) is 6.91. The quantitative estimate of drug-likeness (QED) is 0.807. The summed E-state index contributed by atoms with van der Waals surface area (Å²) in [7, 11) is 0. The maximum atomic E-state index is 12.0. The number of benzene rings is 1. The number of alkyl halides is 2. The van der Waals surface area contributed by atoms with E-state index in [0.717, 1.165) is 18.4 Å². The number of nitrogens with two attached hydrogens (primary N) is 1. The minimum absolute atomic E-state index is 0.189. The maximum Gasteiger partial charge on any atom is 0.387 e. The van der Waals surface area contributed by atoms with Crippen LogP contribution in [0.3, 0.4) is 0 Å². The van der Waals surface area contributed by atoms with Crippen LogP contribution in [0, 0.1) is 5.92 Å². The van der Waals surface area contributed by atoms with Crippen LogP contribution in [0.15, 0.2) is 24.3 Å². The Morgan fingerprint density at radius 2 is 1.67 bits per heavy atom. The van der Waals surface area contributed by atoms with E-state index in [0.29, 0.717) is 12.5 Å². The molecule has 1 atom stereocenters. The molecule has 102 valence electrons. The lowest BCUT2D eigenvalue weighted by molar-refractivity contribution is -0.0498. The van der Waals surface area contributed by atoms with Gasteiger partial charge in [-0.25, -0.2) is 0 Å². The van der Waals surface area contributed by atoms with Crippen molar-refractivity contribution in [2.24, 2.45) is 11.7 Å². The number of hydrogen-bond donors (Lipinski definition) is 1. The predicted octanol–water partition coefficient (Wildman–Crippen LogP) is 3.77. The molecule has 1 unspecified atom stereocenters. The molecule has 0 amide bonds. The molecule has 0 saturated heterocycles. The third-order valence-electron chi connectivity index (χ3n) is 3.41. The molecule has 0 aliphatic heterocycles. The Morgan fingerprint density at radius 3 is 2.06 bits per heavy atom. The van der Waals surface area contributed by atoms with Crippen LogP contribution in [0.2, 0.25) is 0 Å². The van der Waals surface area contributed by atoms with Crippen molar-refractivity contribution in [3.05, 3.63) is 29.8 Å². The molecule has 1 aromatic carbocycles. The molecule has 0 bridgehead atoms. The summed E-state index contributed by atoms with van der Waals surface area (Å²) in [5.74, 6) is 0.992. The van der Waals surface area contributed by atoms with Crippen LogP contribution in [0.1, 0.15) is 38.2 Å². The molecule has 2 nitrogen and oxygen atoms in total. The zero-order valence-electron chi connectivity index (χ0n) is 10.9. The van der Waals surface area contributed by atoms with Crippen LogP contribution in [0.25, 0.3) is 0 Å². The second kappa shape index (κ2) is 7.31. The van der Waals surface area contributed by atoms with Gasteiger partial charge in [0.05, 0.1) is 0 Å². The number of hydrogen-bond acceptors (Lipinski definition) is 2. The fourth-order valence-corrected chi connectivity index (χ4v) is 2.35. The largest absolute Gasteiger partial charge is 0.435 e. The van der Waals surface area contributed by atoms with Gasteiger partial charge < -0.3 is 10.5 Å². The van der Waals surface area contributed by atoms with Crippen molar-refractivity contribution in [3.63, 3.8) is 0 Å². The Bertz CT molecular complexity index is 336. The van der Waals surface area contributed by atoms with Gasteiger partial charge in [0, 0.05) is 0 Å². The molecule has 4 heteroatoms. The van der Waals surface area contributed by atoms with Crippen LogP contribution in [-0.2, 0) is 0 Å². The lowest BCUT2D eigenvalue weighted by Gasteiger charge is -2.24. The van der Waals surface area contributed by atoms with Gasteiger partial charge in [0.1, 0.15) is 5.75 Å². The second-order valence-corrected chi connectivity index (χ2v) is 4.37. The highest BCUT2D eigenvalue weighted by Crippen LogP contribution is 2.30. The molecule has 2 N–H and O–H groups in total. The number of rotatable bonds is 7. The van der Waals surface area contributed by atoms with E-state index in [1.54, 1.807) is 12.1 Å². The molecule has 18 heavy (non-hydrogen) atoms. The summed E-state index contributed by atoms with van der Waals surface area (Å²) in [6.07, 6.45) is 2.13. The number of ether oxygens (including phenoxy) is 1. The minimum Gasteiger partial charge on any atom is -0.435 e. The summed E-state index contributed by atoms with van der Waals surface area (Å²) in [4.78, 5) is 0. The third kappa shape index (κ3) is 3.95. The lowest BCUT2D eigenvalue weighted by Crippen LogP contribution is -2.20. The Balaban J connectivity index is 2.81. The van der Waals surface area contributed by atoms with Gasteiger partial charge in [0.15, 0.2) is 0 Å². The highest BCUT2D eigenvalue weighted by atomic mass is 19.3. The Labute approximate surface area is 107 Å². The standard InChI is InChI=1S/C14H21F2NO/c1-3-10(4-2)13(9-17)11-5-7-12(8-6-11)18-14(15)16/h5-8,10,13-14H,3-4,9,17H2,1-2H3. The second-order valence-electron chi connectivity index (χ2n) is 4.37. The van der Waals surface area contributed by atoms with E-state index in [1.807, 2.05) is 12.1 Å². The number of halogens is 2. The Hall–Kier alpha value is -1.16. The normalized spacial score (nSPS) is 13.1. The van der Waals surface area contributed by atoms with E-state index < -0.39 is 6.61 Å². The zero-order chi connectivity index (χ0) is 13.5. The van der Waals surface area contributed by atoms with Gasteiger partial charge in [-0.3, -0.25) is 0 Å². The van der Waals surface area contributed by atoms with Gasteiger partial charge >= 0.3 is 6.61 Å². The molecule has 0 fully saturated rings. The van der Waals surface area contributed by atoms with E-state index in [1.165, 1.54) is 0 Å². The third-order valence-corrected chi connectivity index (χ3v) is 3.41. The fourth-order valence-electron chi connectivity index (χ4n) is 2.35. The first-order chi connectivity index (χ1) is 8.62. The summed E-state index contributed by atoms with van der Waals surface area (Å²) in [6.45, 7) is 2.08. The molecule has 0 spiro atoms. The van der Waals surface area contributed by atoms with Crippen molar-refractivity contribution in [3.8, 4) is 5.75 Å². The SMILES string of the molecule is CCC(CC)C(CN)c1ccc(OC(F)F)cc1. The van der Waals surface area contributed by atoms with Gasteiger partial charge in [-0.15, -0.1) is 0 Å². The molecule has 1 aromatic rings. The highest BCUT2D eigenvalue weighted by Gasteiger charge is 2.19. The molecule has 1 rings (SSSR count). The van der Waals surface area contributed by atoms with E-state index >= 15 is 0 Å². The molecule has 0 aliphatic carbocycles. The highest BCUT2D eigenvalue weighted by molar-refractivity contribution is 5.30. The van der Waals surface area contributed by atoms with Crippen LogP contribution >= 0.6 is 0 Å². The molecule has 0 saturated carbocycles. The van der Waals surface area contributed by atoms with Crippen LogP contribution in [0.4, 0.5) is 8.78 Å². The van der Waals surface area contributed by atoms with Crippen molar-refractivity contribution in [2.45, 2.75) is 39.2 Å². The smallest absolute Gasteiger partial charge is 0.387 e. The Morgan fingerprint density at radius 1 is 1.11 bits per heavy atom. The minimum atomic E-state index is -2.78. The van der Waals surface area contributed by atoms with E-state index in [9.17, 15) is 8.78 Å². The monoisotopic (exact) mass is 257 g/mol. The van der Waals surface area contributed by atoms with E-state index in [2.05, 4.69) is 18.6 Å². The first kappa shape index (κ1) is 14.9. The summed E-state index contributed by atoms with van der Waals surface area (Å²) < 4.78 is 28.4. The summed E-state index contributed by atoms with van der Waals surface area (Å²) >= 11 is 0. The van der Waals surface area contributed by atoms with Gasteiger partial charge in [-0.05, 0) is 36.1 Å². The van der Waals surface area contributed by atoms with Crippen molar-refractivity contribution in [1.29, 1.82) is 0 Å². The van der Waals surface area contributed by atoms with Gasteiger partial charge in [0.25, 0.3) is 0 Å². The van der Waals surface area contributed by atoms with Gasteiger partial charge in [-0.1, -0.05) is 38.8 Å². The average Bonchev–Trinajstić information content (AvgIpc) is 2.36. The van der Waals surface area contributed by atoms with Crippen LogP contribution < -0.4 is 10.5 Å². The van der Waals surface area contributed by atoms with E-state index in [-0.39, 0.29) is 11.7 Å². The molecular weight excluding hydrogens is 236 g/mol. The first-order valence-electron chi connectivity index (χ1n) is 6.37. The van der Waals surface area contributed by atoms with Crippen LogP contribution in [0.5, 0.6) is 5.75 Å². The average molecular weight is 257 g/mol. The first-order valence-corrected chi connectivity index (χ1v) is 6.37. The van der Waals surface area contributed by atoms with Gasteiger partial charge in [-0.2, -0.15) is 8.78 Å². The fraction of sp³-hybridized carbons (Fsp3) is 0.571. The zero-order valence-corrected chi connectivity index (χ0v) is 10.9.